The number of nitrogens with two attached hydrogens (primary N) is 2. The Labute approximate surface area is 145 Å². The first-order chi connectivity index (χ1) is 11.8. The van der Waals surface area contributed by atoms with Crippen LogP contribution in [0.25, 0.3) is 0 Å². The quantitative estimate of drug-likeness (QED) is 0.550. The summed E-state index contributed by atoms with van der Waals surface area (Å²) in [5.41, 5.74) is 4.80. The zero-order valence-electron chi connectivity index (χ0n) is 13.5. The number of benzene rings is 2. The van der Waals surface area contributed by atoms with Crippen LogP contribution in [-0.4, -0.2) is 17.5 Å². The zero-order valence-corrected chi connectivity index (χ0v) is 13.5. The topological polar surface area (TPSA) is 72.3 Å². The lowest BCUT2D eigenvalue weighted by Gasteiger charge is -2.34. The summed E-state index contributed by atoms with van der Waals surface area (Å²) < 4.78 is 78.8. The molecule has 0 fully saturated rings. The van der Waals surface area contributed by atoms with Crippen LogP contribution >= 0.6 is 0 Å². The summed E-state index contributed by atoms with van der Waals surface area (Å²) in [6.45, 7) is 1.60. The van der Waals surface area contributed by atoms with Gasteiger partial charge in [-0.1, -0.05) is 25.1 Å². The average Bonchev–Trinajstić information content (AvgIpc) is 2.52. The van der Waals surface area contributed by atoms with E-state index in [4.69, 9.17) is 11.5 Å². The molecule has 0 heterocycles. The van der Waals surface area contributed by atoms with E-state index in [0.717, 1.165) is 6.07 Å². The van der Waals surface area contributed by atoms with Crippen molar-refractivity contribution in [2.24, 2.45) is 0 Å². The molecule has 9 heteroatoms. The van der Waals surface area contributed by atoms with Gasteiger partial charge in [0.1, 0.15) is 0 Å². The van der Waals surface area contributed by atoms with E-state index in [-0.39, 0.29) is 5.56 Å². The number of hydrogen-bond donors (Lipinski definition) is 3. The fourth-order valence-corrected chi connectivity index (χ4v) is 2.60. The van der Waals surface area contributed by atoms with Crippen molar-refractivity contribution in [3.63, 3.8) is 0 Å². The highest BCUT2D eigenvalue weighted by atomic mass is 19.4. The minimum Gasteiger partial charge on any atom is -0.399 e. The first-order valence-corrected chi connectivity index (χ1v) is 7.40. The molecule has 1 atom stereocenters. The van der Waals surface area contributed by atoms with Crippen molar-refractivity contribution in [1.82, 2.24) is 0 Å². The van der Waals surface area contributed by atoms with Crippen LogP contribution in [0.5, 0.6) is 0 Å². The highest BCUT2D eigenvalue weighted by Gasteiger charge is 2.72. The van der Waals surface area contributed by atoms with Gasteiger partial charge in [-0.3, -0.25) is 0 Å². The molecule has 0 radical (unpaired) electrons. The standard InChI is InChI=1S/C17H16F6N2O/c1-9(10-2-5-12(24)6-3-10)11-4-7-14(25)13(8-11)15(26,16(18,19)20)17(21,22)23/h2-9,26H,24-25H2,1H3. The van der Waals surface area contributed by atoms with Crippen molar-refractivity contribution in [3.8, 4) is 0 Å². The molecule has 0 saturated carbocycles. The molecule has 26 heavy (non-hydrogen) atoms. The lowest BCUT2D eigenvalue weighted by molar-refractivity contribution is -0.376. The Morgan fingerprint density at radius 3 is 1.73 bits per heavy atom. The highest BCUT2D eigenvalue weighted by molar-refractivity contribution is 5.54. The van der Waals surface area contributed by atoms with Crippen molar-refractivity contribution >= 4 is 11.4 Å². The maximum Gasteiger partial charge on any atom is 0.430 e. The van der Waals surface area contributed by atoms with E-state index in [1.807, 2.05) is 0 Å². The third-order valence-corrected chi connectivity index (χ3v) is 4.22. The summed E-state index contributed by atoms with van der Waals surface area (Å²) in [5.74, 6) is -0.555. The van der Waals surface area contributed by atoms with E-state index >= 15 is 0 Å². The van der Waals surface area contributed by atoms with Gasteiger partial charge in [-0.15, -0.1) is 0 Å². The van der Waals surface area contributed by atoms with Gasteiger partial charge in [0.2, 0.25) is 0 Å². The smallest absolute Gasteiger partial charge is 0.399 e. The van der Waals surface area contributed by atoms with Gasteiger partial charge in [0.05, 0.1) is 0 Å². The van der Waals surface area contributed by atoms with Crippen LogP contribution in [0, 0.1) is 0 Å². The maximum absolute atomic E-state index is 13.1. The zero-order chi connectivity index (χ0) is 19.9. The SMILES string of the molecule is CC(c1ccc(N)cc1)c1ccc(N)c(C(O)(C(F)(F)F)C(F)(F)F)c1. The van der Waals surface area contributed by atoms with Crippen LogP contribution in [-0.2, 0) is 5.60 Å². The summed E-state index contributed by atoms with van der Waals surface area (Å²) in [4.78, 5) is 0. The Morgan fingerprint density at radius 2 is 1.27 bits per heavy atom. The van der Waals surface area contributed by atoms with Crippen LogP contribution < -0.4 is 11.5 Å². The van der Waals surface area contributed by atoms with E-state index in [1.165, 1.54) is 6.07 Å². The molecule has 5 N–H and O–H groups in total. The number of aliphatic hydroxyl groups is 1. The van der Waals surface area contributed by atoms with Crippen molar-refractivity contribution in [3.05, 3.63) is 59.2 Å². The summed E-state index contributed by atoms with van der Waals surface area (Å²) >= 11 is 0. The molecule has 0 spiro atoms. The second kappa shape index (κ2) is 6.39. The normalized spacial score (nSPS) is 14.3. The Balaban J connectivity index is 2.61. The van der Waals surface area contributed by atoms with E-state index in [1.54, 1.807) is 31.2 Å². The predicted octanol–water partition coefficient (Wildman–Crippen LogP) is 4.32. The second-order valence-electron chi connectivity index (χ2n) is 5.94. The third-order valence-electron chi connectivity index (χ3n) is 4.22. The molecule has 0 aromatic heterocycles. The molecule has 2 rings (SSSR count). The van der Waals surface area contributed by atoms with Gasteiger partial charge in [-0.25, -0.2) is 0 Å². The fraction of sp³-hybridized carbons (Fsp3) is 0.294. The van der Waals surface area contributed by atoms with Crippen molar-refractivity contribution in [2.45, 2.75) is 30.8 Å². The Kier molecular flexibility index (Phi) is 4.89. The Bertz CT molecular complexity index is 769. The van der Waals surface area contributed by atoms with Gasteiger partial charge in [-0.2, -0.15) is 26.3 Å². The van der Waals surface area contributed by atoms with Gasteiger partial charge in [-0.05, 0) is 35.4 Å². The second-order valence-corrected chi connectivity index (χ2v) is 5.94. The predicted molar refractivity (Wildman–Crippen MR) is 85.2 cm³/mol. The van der Waals surface area contributed by atoms with Crippen LogP contribution in [0.2, 0.25) is 0 Å². The highest BCUT2D eigenvalue weighted by Crippen LogP contribution is 2.52. The van der Waals surface area contributed by atoms with Crippen LogP contribution in [0.4, 0.5) is 37.7 Å². The van der Waals surface area contributed by atoms with E-state index in [2.05, 4.69) is 0 Å². The van der Waals surface area contributed by atoms with Crippen LogP contribution in [0.1, 0.15) is 29.5 Å². The van der Waals surface area contributed by atoms with E-state index < -0.39 is 35.1 Å². The summed E-state index contributed by atoms with van der Waals surface area (Å²) in [6.07, 6.45) is -12.0. The van der Waals surface area contributed by atoms with Gasteiger partial charge in [0, 0.05) is 22.9 Å². The Morgan fingerprint density at radius 1 is 0.808 bits per heavy atom. The first kappa shape index (κ1) is 19.9. The van der Waals surface area contributed by atoms with Gasteiger partial charge in [0.15, 0.2) is 0 Å². The molecule has 142 valence electrons. The first-order valence-electron chi connectivity index (χ1n) is 7.40. The van der Waals surface area contributed by atoms with Gasteiger partial charge < -0.3 is 16.6 Å². The summed E-state index contributed by atoms with van der Waals surface area (Å²) in [7, 11) is 0. The monoisotopic (exact) mass is 378 g/mol. The summed E-state index contributed by atoms with van der Waals surface area (Å²) in [5, 5.41) is 9.60. The van der Waals surface area contributed by atoms with E-state index in [9.17, 15) is 31.4 Å². The molecular formula is C17H16F6N2O. The molecule has 2 aromatic rings. The van der Waals surface area contributed by atoms with Crippen molar-refractivity contribution in [2.75, 3.05) is 11.5 Å². The van der Waals surface area contributed by atoms with E-state index in [0.29, 0.717) is 17.3 Å². The number of rotatable bonds is 3. The van der Waals surface area contributed by atoms with Crippen LogP contribution in [0.3, 0.4) is 0 Å². The Hall–Kier alpha value is -2.42. The molecule has 0 saturated heterocycles. The molecule has 2 aromatic carbocycles. The molecular weight excluding hydrogens is 362 g/mol. The number of hydrogen-bond acceptors (Lipinski definition) is 3. The lowest BCUT2D eigenvalue weighted by atomic mass is 9.85. The largest absolute Gasteiger partial charge is 0.430 e. The van der Waals surface area contributed by atoms with Crippen molar-refractivity contribution in [1.29, 1.82) is 0 Å². The molecule has 3 nitrogen and oxygen atoms in total. The number of alkyl halides is 6. The molecule has 0 aliphatic heterocycles. The van der Waals surface area contributed by atoms with Crippen LogP contribution in [0.15, 0.2) is 42.5 Å². The number of halogens is 6. The molecule has 0 aliphatic carbocycles. The minimum atomic E-state index is -6.00. The minimum absolute atomic E-state index is 0.130. The maximum atomic E-state index is 13.1. The fourth-order valence-electron chi connectivity index (χ4n) is 2.60. The summed E-state index contributed by atoms with van der Waals surface area (Å²) in [6, 6.07) is 9.20. The number of nitrogen functional groups attached to an aromatic ring is 2. The molecule has 1 unspecified atom stereocenters. The third kappa shape index (κ3) is 3.31. The van der Waals surface area contributed by atoms with Crippen molar-refractivity contribution < 1.29 is 31.4 Å². The average molecular weight is 378 g/mol. The molecule has 0 bridgehead atoms. The lowest BCUT2D eigenvalue weighted by Crippen LogP contribution is -2.54. The molecule has 0 aliphatic rings. The molecule has 0 amide bonds. The van der Waals surface area contributed by atoms with Gasteiger partial charge >= 0.3 is 12.4 Å². The van der Waals surface area contributed by atoms with Gasteiger partial charge in [0.25, 0.3) is 5.60 Å². The number of anilines is 2.